The zero-order valence-electron chi connectivity index (χ0n) is 10.6. The Bertz CT molecular complexity index is 515. The van der Waals surface area contributed by atoms with E-state index in [0.717, 1.165) is 12.8 Å². The molecule has 1 aromatic carbocycles. The molecule has 0 aromatic heterocycles. The average Bonchev–Trinajstić information content (AvgIpc) is 3.18. The van der Waals surface area contributed by atoms with E-state index in [4.69, 9.17) is 11.6 Å². The van der Waals surface area contributed by atoms with Crippen LogP contribution >= 0.6 is 11.6 Å². The number of nitro benzene ring substituents is 1. The fraction of sp³-hybridized carbons (Fsp3) is 0.462. The Balaban J connectivity index is 2.09. The van der Waals surface area contributed by atoms with E-state index >= 15 is 0 Å². The third-order valence-electron chi connectivity index (χ3n) is 3.26. The van der Waals surface area contributed by atoms with Gasteiger partial charge in [0.05, 0.1) is 10.3 Å². The number of rotatable bonds is 5. The van der Waals surface area contributed by atoms with E-state index in [1.807, 2.05) is 0 Å². The monoisotopic (exact) mass is 282 g/mol. The fourth-order valence-corrected chi connectivity index (χ4v) is 2.32. The number of halogens is 1. The summed E-state index contributed by atoms with van der Waals surface area (Å²) in [5, 5.41) is 13.6. The maximum atomic E-state index is 12.0. The Kier molecular flexibility index (Phi) is 4.04. The normalized spacial score (nSPS) is 15.9. The first-order chi connectivity index (χ1) is 9.00. The molecule has 5 nitrogen and oxygen atoms in total. The zero-order valence-corrected chi connectivity index (χ0v) is 11.3. The number of carbonyl (C=O) groups excluding carboxylic acids is 1. The van der Waals surface area contributed by atoms with Gasteiger partial charge in [-0.1, -0.05) is 12.1 Å². The van der Waals surface area contributed by atoms with E-state index in [1.165, 1.54) is 6.07 Å². The van der Waals surface area contributed by atoms with Crippen LogP contribution in [0.4, 0.5) is 5.69 Å². The molecular formula is C13H15ClN2O3. The topological polar surface area (TPSA) is 72.2 Å². The molecule has 6 heteroatoms. The lowest BCUT2D eigenvalue weighted by Gasteiger charge is -2.10. The molecule has 19 heavy (non-hydrogen) atoms. The van der Waals surface area contributed by atoms with Crippen molar-refractivity contribution in [3.05, 3.63) is 39.4 Å². The Morgan fingerprint density at radius 1 is 1.58 bits per heavy atom. The summed E-state index contributed by atoms with van der Waals surface area (Å²) in [6.45, 7) is 1.96. The third-order valence-corrected chi connectivity index (χ3v) is 3.77. The predicted octanol–water partition coefficient (Wildman–Crippen LogP) is 2.65. The minimum Gasteiger partial charge on any atom is -0.350 e. The highest BCUT2D eigenvalue weighted by Gasteiger charge is 2.30. The molecule has 0 aliphatic heterocycles. The van der Waals surface area contributed by atoms with Crippen molar-refractivity contribution in [1.82, 2.24) is 5.32 Å². The van der Waals surface area contributed by atoms with Gasteiger partial charge in [0.2, 0.25) is 0 Å². The summed E-state index contributed by atoms with van der Waals surface area (Å²) in [6, 6.07) is 4.71. The Hall–Kier alpha value is -1.62. The number of hydrogen-bond acceptors (Lipinski definition) is 3. The second-order valence-corrected chi connectivity index (χ2v) is 5.35. The zero-order chi connectivity index (χ0) is 14.0. The van der Waals surface area contributed by atoms with Crippen molar-refractivity contribution in [2.75, 3.05) is 6.54 Å². The summed E-state index contributed by atoms with van der Waals surface area (Å²) in [5.74, 6) is 0.0242. The summed E-state index contributed by atoms with van der Waals surface area (Å²) in [6.07, 6.45) is 2.18. The van der Waals surface area contributed by atoms with Crippen molar-refractivity contribution in [2.24, 2.45) is 5.92 Å². The Morgan fingerprint density at radius 2 is 2.26 bits per heavy atom. The molecule has 0 spiro atoms. The van der Waals surface area contributed by atoms with Crippen molar-refractivity contribution in [3.8, 4) is 0 Å². The van der Waals surface area contributed by atoms with Gasteiger partial charge in [0.15, 0.2) is 0 Å². The SMILES string of the molecule is Cc1cccc(C(=O)NCC(Cl)C2CC2)c1[N+](=O)[O-]. The van der Waals surface area contributed by atoms with Gasteiger partial charge in [0.1, 0.15) is 5.56 Å². The van der Waals surface area contributed by atoms with E-state index in [0.29, 0.717) is 18.0 Å². The molecular weight excluding hydrogens is 268 g/mol. The highest BCUT2D eigenvalue weighted by atomic mass is 35.5. The van der Waals surface area contributed by atoms with Crippen molar-refractivity contribution in [3.63, 3.8) is 0 Å². The van der Waals surface area contributed by atoms with E-state index in [2.05, 4.69) is 5.32 Å². The summed E-state index contributed by atoms with van der Waals surface area (Å²) in [4.78, 5) is 22.5. The molecule has 0 saturated heterocycles. The molecule has 1 aliphatic rings. The lowest BCUT2D eigenvalue weighted by molar-refractivity contribution is -0.385. The van der Waals surface area contributed by atoms with Crippen LogP contribution in [-0.4, -0.2) is 22.8 Å². The molecule has 2 rings (SSSR count). The first-order valence-corrected chi connectivity index (χ1v) is 6.60. The smallest absolute Gasteiger partial charge is 0.285 e. The predicted molar refractivity (Wildman–Crippen MR) is 72.5 cm³/mol. The first-order valence-electron chi connectivity index (χ1n) is 6.17. The average molecular weight is 283 g/mol. The lowest BCUT2D eigenvalue weighted by Crippen LogP contribution is -2.31. The summed E-state index contributed by atoms with van der Waals surface area (Å²) < 4.78 is 0. The van der Waals surface area contributed by atoms with Crippen LogP contribution < -0.4 is 5.32 Å². The van der Waals surface area contributed by atoms with Crippen molar-refractivity contribution in [1.29, 1.82) is 0 Å². The molecule has 1 unspecified atom stereocenters. The quantitative estimate of drug-likeness (QED) is 0.513. The van der Waals surface area contributed by atoms with Gasteiger partial charge in [-0.15, -0.1) is 11.6 Å². The number of benzene rings is 1. The number of nitro groups is 1. The summed E-state index contributed by atoms with van der Waals surface area (Å²) in [5.41, 5.74) is 0.421. The third kappa shape index (κ3) is 3.23. The first kappa shape index (κ1) is 13.8. The van der Waals surface area contributed by atoms with E-state index < -0.39 is 10.8 Å². The molecule has 1 aliphatic carbocycles. The van der Waals surface area contributed by atoms with Gasteiger partial charge >= 0.3 is 0 Å². The van der Waals surface area contributed by atoms with Gasteiger partial charge in [-0.05, 0) is 31.7 Å². The van der Waals surface area contributed by atoms with Gasteiger partial charge < -0.3 is 5.32 Å². The lowest BCUT2D eigenvalue weighted by atomic mass is 10.1. The van der Waals surface area contributed by atoms with Crippen LogP contribution in [0.2, 0.25) is 0 Å². The van der Waals surface area contributed by atoms with Crippen LogP contribution in [-0.2, 0) is 0 Å². The van der Waals surface area contributed by atoms with E-state index in [-0.39, 0.29) is 16.6 Å². The Morgan fingerprint density at radius 3 is 2.84 bits per heavy atom. The van der Waals surface area contributed by atoms with Crippen LogP contribution in [0, 0.1) is 23.0 Å². The maximum absolute atomic E-state index is 12.0. The van der Waals surface area contributed by atoms with Crippen molar-refractivity contribution in [2.45, 2.75) is 25.1 Å². The largest absolute Gasteiger partial charge is 0.350 e. The summed E-state index contributed by atoms with van der Waals surface area (Å²) in [7, 11) is 0. The number of para-hydroxylation sites is 1. The second-order valence-electron chi connectivity index (χ2n) is 4.79. The van der Waals surface area contributed by atoms with Crippen molar-refractivity contribution >= 4 is 23.2 Å². The molecule has 1 saturated carbocycles. The maximum Gasteiger partial charge on any atom is 0.285 e. The van der Waals surface area contributed by atoms with Gasteiger partial charge in [0, 0.05) is 12.1 Å². The van der Waals surface area contributed by atoms with E-state index in [9.17, 15) is 14.9 Å². The molecule has 1 N–H and O–H groups in total. The Labute approximate surface area is 116 Å². The summed E-state index contributed by atoms with van der Waals surface area (Å²) >= 11 is 6.09. The van der Waals surface area contributed by atoms with Gasteiger partial charge in [-0.3, -0.25) is 14.9 Å². The highest BCUT2D eigenvalue weighted by molar-refractivity contribution is 6.21. The number of aryl methyl sites for hydroxylation is 1. The van der Waals surface area contributed by atoms with Gasteiger partial charge in [0.25, 0.3) is 11.6 Å². The van der Waals surface area contributed by atoms with Gasteiger partial charge in [-0.25, -0.2) is 0 Å². The standard InChI is InChI=1S/C13H15ClN2O3/c1-8-3-2-4-10(12(8)16(18)19)13(17)15-7-11(14)9-5-6-9/h2-4,9,11H,5-7H2,1H3,(H,15,17). The minimum absolute atomic E-state index is 0.0877. The van der Waals surface area contributed by atoms with Crippen LogP contribution in [0.15, 0.2) is 18.2 Å². The number of amides is 1. The minimum atomic E-state index is -0.524. The molecule has 1 atom stereocenters. The fourth-order valence-electron chi connectivity index (χ4n) is 1.99. The number of nitrogens with zero attached hydrogens (tertiary/aromatic N) is 1. The van der Waals surface area contributed by atoms with Gasteiger partial charge in [-0.2, -0.15) is 0 Å². The number of hydrogen-bond donors (Lipinski definition) is 1. The van der Waals surface area contributed by atoms with E-state index in [1.54, 1.807) is 19.1 Å². The molecule has 1 fully saturated rings. The molecule has 102 valence electrons. The number of nitrogens with one attached hydrogen (secondary N) is 1. The number of alkyl halides is 1. The van der Waals surface area contributed by atoms with Crippen LogP contribution in [0.3, 0.4) is 0 Å². The molecule has 0 bridgehead atoms. The molecule has 1 aromatic rings. The second kappa shape index (κ2) is 5.57. The van der Waals surface area contributed by atoms with Crippen molar-refractivity contribution < 1.29 is 9.72 Å². The number of carbonyl (C=O) groups is 1. The van der Waals surface area contributed by atoms with Crippen LogP contribution in [0.25, 0.3) is 0 Å². The highest BCUT2D eigenvalue weighted by Crippen LogP contribution is 2.35. The molecule has 0 heterocycles. The van der Waals surface area contributed by atoms with Crippen LogP contribution in [0.1, 0.15) is 28.8 Å². The van der Waals surface area contributed by atoms with Crippen LogP contribution in [0.5, 0.6) is 0 Å². The molecule has 1 amide bonds. The molecule has 0 radical (unpaired) electrons.